The summed E-state index contributed by atoms with van der Waals surface area (Å²) in [5.41, 5.74) is 0. The number of carbonyl (C=O) groups excluding carboxylic acids is 1. The zero-order chi connectivity index (χ0) is 11.9. The molecule has 2 heterocycles. The number of fused-ring (bicyclic) bond motifs is 1. The highest BCUT2D eigenvalue weighted by Crippen LogP contribution is 2.39. The zero-order valence-corrected chi connectivity index (χ0v) is 9.76. The second kappa shape index (κ2) is 3.96. The molecule has 4 atom stereocenters. The van der Waals surface area contributed by atoms with Crippen molar-refractivity contribution in [3.05, 3.63) is 0 Å². The van der Waals surface area contributed by atoms with Gasteiger partial charge < -0.3 is 23.7 Å². The average Bonchev–Trinajstić information content (AvgIpc) is 2.69. The summed E-state index contributed by atoms with van der Waals surface area (Å²) in [7, 11) is 2.80. The van der Waals surface area contributed by atoms with Gasteiger partial charge in [0, 0.05) is 7.11 Å². The molecule has 0 spiro atoms. The standard InChI is InChI=1S/C10H16O6/c1-10(2)15-5-6(8(11)12-3)14-9(13-4)7(5)16-10/h5-7,9H,1-4H3/t5-,6+,7-,9-/m0/s1. The Morgan fingerprint density at radius 1 is 1.19 bits per heavy atom. The van der Waals surface area contributed by atoms with Gasteiger partial charge in [-0.05, 0) is 13.8 Å². The summed E-state index contributed by atoms with van der Waals surface area (Å²) in [5, 5.41) is 0. The lowest BCUT2D eigenvalue weighted by atomic mass is 10.1. The lowest BCUT2D eigenvalue weighted by Crippen LogP contribution is -2.36. The predicted molar refractivity (Wildman–Crippen MR) is 51.5 cm³/mol. The minimum atomic E-state index is -0.790. The fraction of sp³-hybridized carbons (Fsp3) is 0.900. The molecule has 0 bridgehead atoms. The molecular weight excluding hydrogens is 216 g/mol. The van der Waals surface area contributed by atoms with Crippen LogP contribution in [0.3, 0.4) is 0 Å². The smallest absolute Gasteiger partial charge is 0.337 e. The minimum absolute atomic E-state index is 0.399. The van der Waals surface area contributed by atoms with Crippen LogP contribution >= 0.6 is 0 Å². The van der Waals surface area contributed by atoms with Crippen molar-refractivity contribution in [2.75, 3.05) is 14.2 Å². The third-order valence-electron chi connectivity index (χ3n) is 2.68. The van der Waals surface area contributed by atoms with Crippen LogP contribution < -0.4 is 0 Å². The van der Waals surface area contributed by atoms with E-state index < -0.39 is 36.4 Å². The van der Waals surface area contributed by atoms with E-state index >= 15 is 0 Å². The van der Waals surface area contributed by atoms with Crippen molar-refractivity contribution >= 4 is 5.97 Å². The number of methoxy groups -OCH3 is 2. The number of carbonyl (C=O) groups is 1. The molecule has 6 nitrogen and oxygen atoms in total. The van der Waals surface area contributed by atoms with Crippen LogP contribution in [0.5, 0.6) is 0 Å². The van der Waals surface area contributed by atoms with E-state index in [1.807, 2.05) is 0 Å². The molecule has 0 radical (unpaired) electrons. The van der Waals surface area contributed by atoms with Gasteiger partial charge in [-0.1, -0.05) is 0 Å². The highest BCUT2D eigenvalue weighted by Gasteiger charge is 2.58. The number of ether oxygens (including phenoxy) is 5. The first kappa shape index (κ1) is 11.8. The van der Waals surface area contributed by atoms with Gasteiger partial charge in [-0.3, -0.25) is 0 Å². The first-order chi connectivity index (χ1) is 7.48. The Labute approximate surface area is 93.7 Å². The number of hydrogen-bond acceptors (Lipinski definition) is 6. The van der Waals surface area contributed by atoms with Crippen molar-refractivity contribution in [3.8, 4) is 0 Å². The van der Waals surface area contributed by atoms with Crippen molar-refractivity contribution < 1.29 is 28.5 Å². The lowest BCUT2D eigenvalue weighted by molar-refractivity contribution is -0.229. The number of esters is 1. The van der Waals surface area contributed by atoms with Crippen LogP contribution in [0, 0.1) is 0 Å². The van der Waals surface area contributed by atoms with Gasteiger partial charge in [-0.2, -0.15) is 0 Å². The molecule has 0 saturated carbocycles. The van der Waals surface area contributed by atoms with Crippen molar-refractivity contribution in [3.63, 3.8) is 0 Å². The molecule has 0 unspecified atom stereocenters. The van der Waals surface area contributed by atoms with Crippen LogP contribution in [0.4, 0.5) is 0 Å². The average molecular weight is 232 g/mol. The number of rotatable bonds is 2. The maximum atomic E-state index is 11.5. The molecule has 2 aliphatic heterocycles. The predicted octanol–water partition coefficient (Wildman–Crippen LogP) is 0.0508. The van der Waals surface area contributed by atoms with Gasteiger partial charge in [0.25, 0.3) is 0 Å². The SMILES string of the molecule is COC(=O)[C@@H]1O[C@H](OC)[C@H]2OC(C)(C)O[C@H]21. The molecule has 0 amide bonds. The van der Waals surface area contributed by atoms with Crippen LogP contribution in [0.15, 0.2) is 0 Å². The minimum Gasteiger partial charge on any atom is -0.467 e. The van der Waals surface area contributed by atoms with Gasteiger partial charge in [-0.15, -0.1) is 0 Å². The normalized spacial score (nSPS) is 40.8. The summed E-state index contributed by atoms with van der Waals surface area (Å²) < 4.78 is 26.4. The molecule has 0 aliphatic carbocycles. The van der Waals surface area contributed by atoms with Gasteiger partial charge >= 0.3 is 5.97 Å². The monoisotopic (exact) mass is 232 g/mol. The Hall–Kier alpha value is -0.690. The van der Waals surface area contributed by atoms with E-state index in [-0.39, 0.29) is 0 Å². The van der Waals surface area contributed by atoms with E-state index in [0.29, 0.717) is 0 Å². The Morgan fingerprint density at radius 3 is 2.38 bits per heavy atom. The van der Waals surface area contributed by atoms with E-state index in [2.05, 4.69) is 4.74 Å². The highest BCUT2D eigenvalue weighted by molar-refractivity contribution is 5.76. The first-order valence-electron chi connectivity index (χ1n) is 5.10. The fourth-order valence-electron chi connectivity index (χ4n) is 2.06. The van der Waals surface area contributed by atoms with Crippen molar-refractivity contribution in [1.29, 1.82) is 0 Å². The summed E-state index contributed by atoms with van der Waals surface area (Å²) in [6.45, 7) is 3.57. The molecule has 0 aromatic carbocycles. The van der Waals surface area contributed by atoms with Gasteiger partial charge in [0.2, 0.25) is 0 Å². The topological polar surface area (TPSA) is 63.2 Å². The Balaban J connectivity index is 2.17. The summed E-state index contributed by atoms with van der Waals surface area (Å²) in [4.78, 5) is 11.5. The fourth-order valence-corrected chi connectivity index (χ4v) is 2.06. The first-order valence-corrected chi connectivity index (χ1v) is 5.10. The largest absolute Gasteiger partial charge is 0.467 e. The van der Waals surface area contributed by atoms with Crippen molar-refractivity contribution in [1.82, 2.24) is 0 Å². The van der Waals surface area contributed by atoms with Gasteiger partial charge in [0.1, 0.15) is 12.2 Å². The maximum Gasteiger partial charge on any atom is 0.337 e. The Kier molecular flexibility index (Phi) is 2.91. The van der Waals surface area contributed by atoms with Crippen molar-refractivity contribution in [2.45, 2.75) is 44.2 Å². The Bertz CT molecular complexity index is 289. The Morgan fingerprint density at radius 2 is 1.81 bits per heavy atom. The third kappa shape index (κ3) is 1.82. The van der Waals surface area contributed by atoms with Crippen LogP contribution in [0.1, 0.15) is 13.8 Å². The van der Waals surface area contributed by atoms with Crippen LogP contribution in [-0.2, 0) is 28.5 Å². The number of hydrogen-bond donors (Lipinski definition) is 0. The summed E-state index contributed by atoms with van der Waals surface area (Å²) in [6, 6.07) is 0. The second-order valence-corrected chi connectivity index (χ2v) is 4.25. The zero-order valence-electron chi connectivity index (χ0n) is 9.76. The maximum absolute atomic E-state index is 11.5. The van der Waals surface area contributed by atoms with Crippen LogP contribution in [0.25, 0.3) is 0 Å². The molecule has 0 aromatic rings. The lowest BCUT2D eigenvalue weighted by Gasteiger charge is -2.22. The van der Waals surface area contributed by atoms with Crippen molar-refractivity contribution in [2.24, 2.45) is 0 Å². The van der Waals surface area contributed by atoms with Gasteiger partial charge in [0.15, 0.2) is 18.2 Å². The van der Waals surface area contributed by atoms with E-state index in [4.69, 9.17) is 18.9 Å². The quantitative estimate of drug-likeness (QED) is 0.627. The van der Waals surface area contributed by atoms with Gasteiger partial charge in [0.05, 0.1) is 7.11 Å². The summed E-state index contributed by atoms with van der Waals surface area (Å²) in [6.07, 6.45) is -2.27. The van der Waals surface area contributed by atoms with E-state index in [0.717, 1.165) is 0 Å². The molecule has 16 heavy (non-hydrogen) atoms. The highest BCUT2D eigenvalue weighted by atomic mass is 16.8. The molecule has 2 saturated heterocycles. The molecule has 6 heteroatoms. The van der Waals surface area contributed by atoms with Crippen LogP contribution in [0.2, 0.25) is 0 Å². The molecule has 2 aliphatic rings. The second-order valence-electron chi connectivity index (χ2n) is 4.25. The molecule has 2 fully saturated rings. The molecule has 0 N–H and O–H groups in total. The summed E-state index contributed by atoms with van der Waals surface area (Å²) >= 11 is 0. The van der Waals surface area contributed by atoms with E-state index in [9.17, 15) is 4.79 Å². The van der Waals surface area contributed by atoms with E-state index in [1.165, 1.54) is 14.2 Å². The third-order valence-corrected chi connectivity index (χ3v) is 2.68. The molecule has 92 valence electrons. The van der Waals surface area contributed by atoms with Crippen LogP contribution in [-0.4, -0.2) is 50.6 Å². The van der Waals surface area contributed by atoms with E-state index in [1.54, 1.807) is 13.8 Å². The van der Waals surface area contributed by atoms with Gasteiger partial charge in [-0.25, -0.2) is 4.79 Å². The molecular formula is C10H16O6. The molecule has 0 aromatic heterocycles. The summed E-state index contributed by atoms with van der Waals surface area (Å²) in [5.74, 6) is -1.21. The molecule has 2 rings (SSSR count).